The van der Waals surface area contributed by atoms with Crippen molar-refractivity contribution >= 4 is 17.8 Å². The second kappa shape index (κ2) is 4.72. The minimum atomic E-state index is 0.0935. The summed E-state index contributed by atoms with van der Waals surface area (Å²) < 4.78 is 0. The maximum absolute atomic E-state index is 9.36. The summed E-state index contributed by atoms with van der Waals surface area (Å²) in [5.41, 5.74) is 0.581. The highest BCUT2D eigenvalue weighted by atomic mass is 35.5. The van der Waals surface area contributed by atoms with E-state index in [0.717, 1.165) is 0 Å². The van der Waals surface area contributed by atoms with Crippen molar-refractivity contribution in [3.05, 3.63) is 28.8 Å². The quantitative estimate of drug-likeness (QED) is 0.600. The lowest BCUT2D eigenvalue weighted by atomic mass is 10.2. The third kappa shape index (κ3) is 2.95. The second-order valence-electron chi connectivity index (χ2n) is 2.36. The van der Waals surface area contributed by atoms with Crippen LogP contribution in [0.25, 0.3) is 0 Å². The molecule has 0 saturated carbocycles. The van der Waals surface area contributed by atoms with E-state index in [0.29, 0.717) is 17.2 Å². The lowest BCUT2D eigenvalue weighted by Gasteiger charge is -1.98. The summed E-state index contributed by atoms with van der Waals surface area (Å²) in [6, 6.07) is 4.80. The molecule has 4 heteroatoms. The first-order valence-electron chi connectivity index (χ1n) is 3.88. The van der Waals surface area contributed by atoms with E-state index >= 15 is 0 Å². The van der Waals surface area contributed by atoms with Crippen molar-refractivity contribution in [1.29, 1.82) is 0 Å². The van der Waals surface area contributed by atoms with Crippen molar-refractivity contribution < 1.29 is 9.94 Å². The molecule has 0 atom stereocenters. The maximum atomic E-state index is 9.36. The summed E-state index contributed by atoms with van der Waals surface area (Å²) in [4.78, 5) is 4.75. The molecule has 1 N–H and O–H groups in total. The highest BCUT2D eigenvalue weighted by Crippen LogP contribution is 2.20. The molecule has 0 fully saturated rings. The van der Waals surface area contributed by atoms with E-state index in [2.05, 4.69) is 5.16 Å². The fraction of sp³-hybridized carbons (Fsp3) is 0.222. The van der Waals surface area contributed by atoms with Crippen molar-refractivity contribution in [1.82, 2.24) is 0 Å². The van der Waals surface area contributed by atoms with Crippen LogP contribution < -0.4 is 0 Å². The number of phenolic OH excluding ortho intramolecular Hbond substituents is 1. The number of phenols is 1. The van der Waals surface area contributed by atoms with Gasteiger partial charge in [-0.2, -0.15) is 0 Å². The molecule has 0 unspecified atom stereocenters. The molecule has 0 aliphatic heterocycles. The molecule has 0 spiro atoms. The topological polar surface area (TPSA) is 41.8 Å². The van der Waals surface area contributed by atoms with E-state index in [-0.39, 0.29) is 5.75 Å². The lowest BCUT2D eigenvalue weighted by molar-refractivity contribution is 0.160. The van der Waals surface area contributed by atoms with Crippen LogP contribution in [-0.2, 0) is 4.84 Å². The van der Waals surface area contributed by atoms with E-state index < -0.39 is 0 Å². The van der Waals surface area contributed by atoms with Crippen LogP contribution in [0.4, 0.5) is 0 Å². The zero-order valence-electron chi connectivity index (χ0n) is 7.20. The van der Waals surface area contributed by atoms with Crippen LogP contribution in [0.2, 0.25) is 5.02 Å². The van der Waals surface area contributed by atoms with Gasteiger partial charge in [-0.3, -0.25) is 0 Å². The minimum Gasteiger partial charge on any atom is -0.507 e. The third-order valence-electron chi connectivity index (χ3n) is 1.39. The molecule has 3 nitrogen and oxygen atoms in total. The molecule has 1 aromatic rings. The Morgan fingerprint density at radius 3 is 3.00 bits per heavy atom. The summed E-state index contributed by atoms with van der Waals surface area (Å²) >= 11 is 5.64. The molecule has 0 amide bonds. The van der Waals surface area contributed by atoms with Crippen molar-refractivity contribution in [3.63, 3.8) is 0 Å². The Hall–Kier alpha value is -1.22. The van der Waals surface area contributed by atoms with Crippen molar-refractivity contribution in [2.45, 2.75) is 6.92 Å². The summed E-state index contributed by atoms with van der Waals surface area (Å²) in [5, 5.41) is 13.5. The van der Waals surface area contributed by atoms with Gasteiger partial charge in [-0.25, -0.2) is 0 Å². The average Bonchev–Trinajstić information content (AvgIpc) is 2.09. The van der Waals surface area contributed by atoms with E-state index in [1.807, 2.05) is 6.92 Å². The van der Waals surface area contributed by atoms with Crippen LogP contribution >= 0.6 is 11.6 Å². The van der Waals surface area contributed by atoms with E-state index in [9.17, 15) is 5.11 Å². The van der Waals surface area contributed by atoms with Gasteiger partial charge < -0.3 is 9.94 Å². The summed E-state index contributed by atoms with van der Waals surface area (Å²) in [6.45, 7) is 2.34. The van der Waals surface area contributed by atoms with E-state index in [1.165, 1.54) is 12.3 Å². The molecular formula is C9H10ClNO2. The predicted octanol–water partition coefficient (Wildman–Crippen LogP) is 2.42. The fourth-order valence-electron chi connectivity index (χ4n) is 0.795. The molecule has 0 aliphatic carbocycles. The first-order chi connectivity index (χ1) is 6.24. The highest BCUT2D eigenvalue weighted by Gasteiger charge is 1.98. The van der Waals surface area contributed by atoms with Crippen LogP contribution in [0.15, 0.2) is 23.4 Å². The number of hydrogen-bond donors (Lipinski definition) is 1. The minimum absolute atomic E-state index is 0.0935. The van der Waals surface area contributed by atoms with Gasteiger partial charge in [0.25, 0.3) is 0 Å². The van der Waals surface area contributed by atoms with Gasteiger partial charge in [-0.05, 0) is 25.1 Å². The molecule has 1 aromatic carbocycles. The van der Waals surface area contributed by atoms with Crippen LogP contribution in [0.3, 0.4) is 0 Å². The van der Waals surface area contributed by atoms with Crippen LogP contribution in [0.5, 0.6) is 5.75 Å². The standard InChI is InChI=1S/C9H10ClNO2/c1-2-13-11-6-7-3-4-8(10)5-9(7)12/h3-6,12H,2H2,1H3. The Kier molecular flexibility index (Phi) is 3.58. The van der Waals surface area contributed by atoms with E-state index in [4.69, 9.17) is 16.4 Å². The number of rotatable bonds is 3. The molecule has 0 aliphatic rings. The zero-order valence-corrected chi connectivity index (χ0v) is 7.95. The molecular weight excluding hydrogens is 190 g/mol. The number of nitrogens with zero attached hydrogens (tertiary/aromatic N) is 1. The monoisotopic (exact) mass is 199 g/mol. The maximum Gasteiger partial charge on any atom is 0.125 e. The highest BCUT2D eigenvalue weighted by molar-refractivity contribution is 6.30. The van der Waals surface area contributed by atoms with Crippen LogP contribution in [-0.4, -0.2) is 17.9 Å². The van der Waals surface area contributed by atoms with Gasteiger partial charge in [0.1, 0.15) is 12.4 Å². The number of oxime groups is 1. The SMILES string of the molecule is CCON=Cc1ccc(Cl)cc1O. The smallest absolute Gasteiger partial charge is 0.125 e. The van der Waals surface area contributed by atoms with Gasteiger partial charge in [0, 0.05) is 10.6 Å². The van der Waals surface area contributed by atoms with Crippen molar-refractivity contribution in [2.75, 3.05) is 6.61 Å². The number of halogens is 1. The van der Waals surface area contributed by atoms with Crippen molar-refractivity contribution in [2.24, 2.45) is 5.16 Å². The summed E-state index contributed by atoms with van der Waals surface area (Å²) in [7, 11) is 0. The summed E-state index contributed by atoms with van der Waals surface area (Å²) in [6.07, 6.45) is 1.44. The first kappa shape index (κ1) is 9.86. The predicted molar refractivity (Wildman–Crippen MR) is 52.3 cm³/mol. The number of hydrogen-bond acceptors (Lipinski definition) is 3. The Bertz CT molecular complexity index is 312. The molecule has 70 valence electrons. The van der Waals surface area contributed by atoms with Gasteiger partial charge in [-0.1, -0.05) is 16.8 Å². The molecule has 0 radical (unpaired) electrons. The van der Waals surface area contributed by atoms with Crippen molar-refractivity contribution in [3.8, 4) is 5.75 Å². The Balaban J connectivity index is 2.77. The average molecular weight is 200 g/mol. The number of benzene rings is 1. The van der Waals surface area contributed by atoms with Gasteiger partial charge in [-0.15, -0.1) is 0 Å². The Labute approximate surface area is 81.6 Å². The third-order valence-corrected chi connectivity index (χ3v) is 1.62. The van der Waals surface area contributed by atoms with Crippen LogP contribution in [0.1, 0.15) is 12.5 Å². The normalized spacial score (nSPS) is 10.6. The van der Waals surface area contributed by atoms with Gasteiger partial charge >= 0.3 is 0 Å². The molecule has 1 rings (SSSR count). The Morgan fingerprint density at radius 1 is 1.62 bits per heavy atom. The molecule has 0 saturated heterocycles. The molecule has 13 heavy (non-hydrogen) atoms. The molecule has 0 heterocycles. The largest absolute Gasteiger partial charge is 0.507 e. The van der Waals surface area contributed by atoms with Gasteiger partial charge in [0.05, 0.1) is 6.21 Å². The Morgan fingerprint density at radius 2 is 2.38 bits per heavy atom. The molecule has 0 bridgehead atoms. The van der Waals surface area contributed by atoms with Gasteiger partial charge in [0.15, 0.2) is 0 Å². The van der Waals surface area contributed by atoms with E-state index in [1.54, 1.807) is 12.1 Å². The fourth-order valence-corrected chi connectivity index (χ4v) is 0.961. The molecule has 0 aromatic heterocycles. The zero-order chi connectivity index (χ0) is 9.68. The van der Waals surface area contributed by atoms with Crippen LogP contribution in [0, 0.1) is 0 Å². The summed E-state index contributed by atoms with van der Waals surface area (Å²) in [5.74, 6) is 0.0935. The first-order valence-corrected chi connectivity index (χ1v) is 4.25. The van der Waals surface area contributed by atoms with Gasteiger partial charge in [0.2, 0.25) is 0 Å². The lowest BCUT2D eigenvalue weighted by Crippen LogP contribution is -1.85. The second-order valence-corrected chi connectivity index (χ2v) is 2.79. The number of aromatic hydroxyl groups is 1.